The average molecular weight is 365 g/mol. The molecule has 0 aliphatic carbocycles. The molecule has 7 heteroatoms. The third-order valence-corrected chi connectivity index (χ3v) is 3.35. The first-order valence-electron chi connectivity index (χ1n) is 6.98. The summed E-state index contributed by atoms with van der Waals surface area (Å²) in [7, 11) is 0. The van der Waals surface area contributed by atoms with Crippen molar-refractivity contribution < 1.29 is 4.79 Å². The zero-order valence-electron chi connectivity index (χ0n) is 13.3. The molecule has 24 heavy (non-hydrogen) atoms. The lowest BCUT2D eigenvalue weighted by atomic mass is 10.2. The molecule has 0 atom stereocenters. The molecule has 2 N–H and O–H groups in total. The van der Waals surface area contributed by atoms with Crippen LogP contribution in [0.1, 0.15) is 12.5 Å². The van der Waals surface area contributed by atoms with Crippen molar-refractivity contribution in [2.45, 2.75) is 13.8 Å². The number of aryl methyl sites for hydroxylation is 1. The standard InChI is InChI=1S/C15H13ClN4.C2H4O.ClH/c1-10-2-5-12(6-3-10)20(17)15-13-7-4-11(16)8-14(13)18-9-19-15;1-2-3;/h2-9H,17H2,1H3;2H,1H3;1H. The third kappa shape index (κ3) is 4.64. The van der Waals surface area contributed by atoms with Gasteiger partial charge in [0.15, 0.2) is 5.82 Å². The second kappa shape index (κ2) is 9.17. The zero-order valence-corrected chi connectivity index (χ0v) is 14.9. The first-order chi connectivity index (χ1) is 11.1. The van der Waals surface area contributed by atoms with Crippen molar-refractivity contribution in [2.24, 2.45) is 5.84 Å². The summed E-state index contributed by atoms with van der Waals surface area (Å²) in [5.41, 5.74) is 2.82. The molecule has 2 aromatic carbocycles. The van der Waals surface area contributed by atoms with Crippen LogP contribution in [0.3, 0.4) is 0 Å². The molecule has 126 valence electrons. The lowest BCUT2D eigenvalue weighted by Crippen LogP contribution is -2.26. The number of halogens is 2. The monoisotopic (exact) mass is 364 g/mol. The highest BCUT2D eigenvalue weighted by Gasteiger charge is 2.11. The number of hydrogen-bond acceptors (Lipinski definition) is 5. The highest BCUT2D eigenvalue weighted by Crippen LogP contribution is 2.28. The van der Waals surface area contributed by atoms with Gasteiger partial charge in [0.25, 0.3) is 0 Å². The molecular formula is C17H18Cl2N4O. The largest absolute Gasteiger partial charge is 0.304 e. The van der Waals surface area contributed by atoms with Crippen LogP contribution in [-0.4, -0.2) is 16.3 Å². The summed E-state index contributed by atoms with van der Waals surface area (Å²) in [5.74, 6) is 6.83. The van der Waals surface area contributed by atoms with Crippen molar-refractivity contribution in [2.75, 3.05) is 5.01 Å². The van der Waals surface area contributed by atoms with Crippen LogP contribution in [0.15, 0.2) is 48.8 Å². The van der Waals surface area contributed by atoms with Crippen LogP contribution in [0.2, 0.25) is 5.02 Å². The van der Waals surface area contributed by atoms with Crippen LogP contribution in [-0.2, 0) is 4.79 Å². The predicted octanol–water partition coefficient (Wildman–Crippen LogP) is 4.23. The molecule has 0 bridgehead atoms. The fourth-order valence-corrected chi connectivity index (χ4v) is 2.20. The van der Waals surface area contributed by atoms with Crippen LogP contribution in [0.25, 0.3) is 10.9 Å². The molecule has 0 spiro atoms. The number of nitrogens with two attached hydrogens (primary N) is 1. The fourth-order valence-electron chi connectivity index (χ4n) is 2.04. The van der Waals surface area contributed by atoms with Gasteiger partial charge >= 0.3 is 0 Å². The number of rotatable bonds is 2. The maximum atomic E-state index is 8.81. The van der Waals surface area contributed by atoms with Gasteiger partial charge < -0.3 is 4.79 Å². The minimum Gasteiger partial charge on any atom is -0.304 e. The number of carbonyl (C=O) groups excluding carboxylic acids is 1. The molecule has 1 heterocycles. The number of carbonyl (C=O) groups is 1. The molecule has 3 aromatic rings. The third-order valence-electron chi connectivity index (χ3n) is 3.12. The SMILES string of the molecule is CC=O.Cc1ccc(N(N)c2ncnc3cc(Cl)ccc23)cc1.Cl. The Morgan fingerprint density at radius 3 is 2.38 bits per heavy atom. The van der Waals surface area contributed by atoms with Crippen LogP contribution in [0.5, 0.6) is 0 Å². The molecule has 0 amide bonds. The Bertz CT molecular complexity index is 809. The van der Waals surface area contributed by atoms with E-state index in [4.69, 9.17) is 22.2 Å². The first-order valence-corrected chi connectivity index (χ1v) is 7.36. The molecule has 0 saturated heterocycles. The van der Waals surface area contributed by atoms with E-state index >= 15 is 0 Å². The van der Waals surface area contributed by atoms with E-state index in [0.717, 1.165) is 22.9 Å². The van der Waals surface area contributed by atoms with E-state index < -0.39 is 0 Å². The van der Waals surface area contributed by atoms with Crippen molar-refractivity contribution in [1.82, 2.24) is 9.97 Å². The average Bonchev–Trinajstić information content (AvgIpc) is 2.55. The quantitative estimate of drug-likeness (QED) is 0.418. The highest BCUT2D eigenvalue weighted by molar-refractivity contribution is 6.31. The van der Waals surface area contributed by atoms with E-state index in [1.54, 1.807) is 17.1 Å². The van der Waals surface area contributed by atoms with E-state index in [0.29, 0.717) is 10.8 Å². The van der Waals surface area contributed by atoms with Gasteiger partial charge in [-0.3, -0.25) is 5.01 Å². The van der Waals surface area contributed by atoms with Gasteiger partial charge in [-0.15, -0.1) is 12.4 Å². The van der Waals surface area contributed by atoms with E-state index in [9.17, 15) is 0 Å². The maximum Gasteiger partial charge on any atom is 0.158 e. The molecular weight excluding hydrogens is 347 g/mol. The topological polar surface area (TPSA) is 72.1 Å². The van der Waals surface area contributed by atoms with Crippen molar-refractivity contribution in [3.63, 3.8) is 0 Å². The van der Waals surface area contributed by atoms with Crippen molar-refractivity contribution in [3.05, 3.63) is 59.4 Å². The van der Waals surface area contributed by atoms with Crippen LogP contribution in [0.4, 0.5) is 11.5 Å². The smallest absolute Gasteiger partial charge is 0.158 e. The Labute approximate surface area is 151 Å². The summed E-state index contributed by atoms with van der Waals surface area (Å²) in [5, 5.41) is 3.05. The summed E-state index contributed by atoms with van der Waals surface area (Å²) >= 11 is 5.98. The Kier molecular flexibility index (Phi) is 7.58. The molecule has 0 aliphatic rings. The fraction of sp³-hybridized carbons (Fsp3) is 0.118. The lowest BCUT2D eigenvalue weighted by Gasteiger charge is -2.19. The molecule has 0 saturated carbocycles. The van der Waals surface area contributed by atoms with E-state index in [1.165, 1.54) is 18.8 Å². The molecule has 0 radical (unpaired) electrons. The molecule has 0 unspecified atom stereocenters. The lowest BCUT2D eigenvalue weighted by molar-refractivity contribution is -0.106. The highest BCUT2D eigenvalue weighted by atomic mass is 35.5. The Morgan fingerprint density at radius 1 is 1.12 bits per heavy atom. The predicted molar refractivity (Wildman–Crippen MR) is 101 cm³/mol. The van der Waals surface area contributed by atoms with Crippen LogP contribution >= 0.6 is 24.0 Å². The van der Waals surface area contributed by atoms with Crippen molar-refractivity contribution in [1.29, 1.82) is 0 Å². The zero-order chi connectivity index (χ0) is 16.8. The number of anilines is 2. The summed E-state index contributed by atoms with van der Waals surface area (Å²) in [6, 6.07) is 13.4. The van der Waals surface area contributed by atoms with Gasteiger partial charge in [0, 0.05) is 10.4 Å². The van der Waals surface area contributed by atoms with E-state index in [-0.39, 0.29) is 12.4 Å². The molecule has 5 nitrogen and oxygen atoms in total. The second-order valence-corrected chi connectivity index (χ2v) is 5.24. The van der Waals surface area contributed by atoms with Gasteiger partial charge in [0.1, 0.15) is 12.6 Å². The summed E-state index contributed by atoms with van der Waals surface area (Å²) < 4.78 is 0. The van der Waals surface area contributed by atoms with Gasteiger partial charge in [-0.25, -0.2) is 15.8 Å². The molecule has 0 aliphatic heterocycles. The van der Waals surface area contributed by atoms with Gasteiger partial charge in [-0.05, 0) is 44.2 Å². The number of aromatic nitrogens is 2. The Hall–Kier alpha value is -2.21. The normalized spacial score (nSPS) is 9.50. The van der Waals surface area contributed by atoms with Gasteiger partial charge in [-0.2, -0.15) is 0 Å². The molecule has 3 rings (SSSR count). The number of fused-ring (bicyclic) bond motifs is 1. The van der Waals surface area contributed by atoms with Crippen molar-refractivity contribution in [3.8, 4) is 0 Å². The van der Waals surface area contributed by atoms with Crippen LogP contribution in [0, 0.1) is 6.92 Å². The number of aldehydes is 1. The molecule has 0 fully saturated rings. The molecule has 1 aromatic heterocycles. The number of hydrogen-bond donors (Lipinski definition) is 1. The Morgan fingerprint density at radius 2 is 1.75 bits per heavy atom. The van der Waals surface area contributed by atoms with Gasteiger partial charge in [0.05, 0.1) is 11.2 Å². The van der Waals surface area contributed by atoms with E-state index in [2.05, 4.69) is 9.97 Å². The van der Waals surface area contributed by atoms with Gasteiger partial charge in [0.2, 0.25) is 0 Å². The Balaban J connectivity index is 0.000000671. The van der Waals surface area contributed by atoms with E-state index in [1.807, 2.05) is 37.3 Å². The number of hydrazine groups is 1. The maximum absolute atomic E-state index is 8.81. The first kappa shape index (κ1) is 19.8. The van der Waals surface area contributed by atoms with Crippen LogP contribution < -0.4 is 10.9 Å². The minimum atomic E-state index is 0. The van der Waals surface area contributed by atoms with Crippen molar-refractivity contribution >= 4 is 52.7 Å². The summed E-state index contributed by atoms with van der Waals surface area (Å²) in [6.07, 6.45) is 2.24. The number of benzene rings is 2. The number of nitrogens with zero attached hydrogens (tertiary/aromatic N) is 3. The minimum absolute atomic E-state index is 0. The summed E-state index contributed by atoms with van der Waals surface area (Å²) in [6.45, 7) is 3.48. The second-order valence-electron chi connectivity index (χ2n) is 4.80. The van der Waals surface area contributed by atoms with Gasteiger partial charge in [-0.1, -0.05) is 29.3 Å². The summed E-state index contributed by atoms with van der Waals surface area (Å²) in [4.78, 5) is 17.3.